The summed E-state index contributed by atoms with van der Waals surface area (Å²) in [5, 5.41) is 2.73. The predicted octanol–water partition coefficient (Wildman–Crippen LogP) is 3.81. The minimum atomic E-state index is -4.44. The molecule has 0 bridgehead atoms. The van der Waals surface area contributed by atoms with Gasteiger partial charge < -0.3 is 14.8 Å². The van der Waals surface area contributed by atoms with Crippen molar-refractivity contribution in [3.8, 4) is 5.88 Å². The molecule has 0 unspecified atom stereocenters. The van der Waals surface area contributed by atoms with Crippen LogP contribution in [-0.2, 0) is 11.3 Å². The van der Waals surface area contributed by atoms with Crippen LogP contribution in [0.4, 0.5) is 18.9 Å². The fourth-order valence-electron chi connectivity index (χ4n) is 1.93. The first-order chi connectivity index (χ1) is 11.9. The van der Waals surface area contributed by atoms with Gasteiger partial charge in [-0.2, -0.15) is 13.2 Å². The molecule has 8 heteroatoms. The van der Waals surface area contributed by atoms with Gasteiger partial charge in [0.2, 0.25) is 5.88 Å². The minimum Gasteiger partial charge on any atom is -0.468 e. The second-order valence-corrected chi connectivity index (χ2v) is 5.04. The van der Waals surface area contributed by atoms with Crippen molar-refractivity contribution in [3.05, 3.63) is 53.7 Å². The molecular weight excluding hydrogens is 337 g/mol. The molecule has 1 N–H and O–H groups in total. The summed E-state index contributed by atoms with van der Waals surface area (Å²) in [5.74, 6) is -0.635. The van der Waals surface area contributed by atoms with E-state index in [1.807, 2.05) is 19.1 Å². The van der Waals surface area contributed by atoms with Crippen LogP contribution in [0.5, 0.6) is 5.88 Å². The van der Waals surface area contributed by atoms with Crippen molar-refractivity contribution in [1.29, 1.82) is 0 Å². The molecule has 0 aliphatic heterocycles. The normalized spacial score (nSPS) is 11.2. The fraction of sp³-hybridized carbons (Fsp3) is 0.294. The number of nitrogens with zero attached hydrogens (tertiary/aromatic N) is 1. The Hall–Kier alpha value is -2.61. The highest BCUT2D eigenvalue weighted by molar-refractivity contribution is 6.04. The lowest BCUT2D eigenvalue weighted by Gasteiger charge is -2.11. The van der Waals surface area contributed by atoms with E-state index < -0.39 is 18.7 Å². The Balaban J connectivity index is 2.01. The zero-order valence-electron chi connectivity index (χ0n) is 13.5. The monoisotopic (exact) mass is 354 g/mol. The number of carbonyl (C=O) groups is 1. The Morgan fingerprint density at radius 3 is 2.60 bits per heavy atom. The molecule has 0 spiro atoms. The van der Waals surface area contributed by atoms with E-state index in [0.717, 1.165) is 11.8 Å². The first-order valence-corrected chi connectivity index (χ1v) is 7.51. The number of amides is 1. The number of para-hydroxylation sites is 1. The highest BCUT2D eigenvalue weighted by Crippen LogP contribution is 2.19. The lowest BCUT2D eigenvalue weighted by molar-refractivity contribution is -0.154. The van der Waals surface area contributed by atoms with Crippen LogP contribution >= 0.6 is 0 Å². The van der Waals surface area contributed by atoms with Gasteiger partial charge in [0.15, 0.2) is 6.61 Å². The van der Waals surface area contributed by atoms with Crippen LogP contribution < -0.4 is 10.1 Å². The molecule has 2 aromatic rings. The zero-order chi connectivity index (χ0) is 18.3. The minimum absolute atomic E-state index is 0.200. The SMILES string of the molecule is CCOCc1ccccc1NC(=O)c1ccc(OCC(F)(F)F)nc1. The van der Waals surface area contributed by atoms with E-state index in [4.69, 9.17) is 4.74 Å². The maximum Gasteiger partial charge on any atom is 0.422 e. The van der Waals surface area contributed by atoms with Gasteiger partial charge in [-0.15, -0.1) is 0 Å². The molecule has 1 heterocycles. The molecular formula is C17H17F3N2O3. The summed E-state index contributed by atoms with van der Waals surface area (Å²) in [6, 6.07) is 9.74. The number of hydrogen-bond acceptors (Lipinski definition) is 4. The number of halogens is 3. The van der Waals surface area contributed by atoms with Crippen molar-refractivity contribution in [2.24, 2.45) is 0 Å². The topological polar surface area (TPSA) is 60.5 Å². The Morgan fingerprint density at radius 2 is 1.96 bits per heavy atom. The van der Waals surface area contributed by atoms with E-state index in [2.05, 4.69) is 15.0 Å². The van der Waals surface area contributed by atoms with Gasteiger partial charge in [0, 0.05) is 30.1 Å². The van der Waals surface area contributed by atoms with Gasteiger partial charge in [-0.3, -0.25) is 4.79 Å². The number of anilines is 1. The molecule has 0 saturated heterocycles. The van der Waals surface area contributed by atoms with Gasteiger partial charge >= 0.3 is 6.18 Å². The number of alkyl halides is 3. The van der Waals surface area contributed by atoms with Gasteiger partial charge in [0.1, 0.15) is 0 Å². The summed E-state index contributed by atoms with van der Waals surface area (Å²) in [6.45, 7) is 1.34. The van der Waals surface area contributed by atoms with Crippen LogP contribution in [-0.4, -0.2) is 30.3 Å². The molecule has 0 aliphatic carbocycles. The Morgan fingerprint density at radius 1 is 1.20 bits per heavy atom. The number of pyridine rings is 1. The molecule has 1 aromatic carbocycles. The molecule has 0 atom stereocenters. The van der Waals surface area contributed by atoms with Crippen LogP contribution in [0.2, 0.25) is 0 Å². The van der Waals surface area contributed by atoms with Crippen molar-refractivity contribution in [2.45, 2.75) is 19.7 Å². The van der Waals surface area contributed by atoms with Crippen molar-refractivity contribution in [3.63, 3.8) is 0 Å². The quantitative estimate of drug-likeness (QED) is 0.821. The number of rotatable bonds is 7. The number of hydrogen-bond donors (Lipinski definition) is 1. The second kappa shape index (κ2) is 8.48. The molecule has 0 radical (unpaired) electrons. The highest BCUT2D eigenvalue weighted by Gasteiger charge is 2.28. The van der Waals surface area contributed by atoms with Crippen LogP contribution in [0, 0.1) is 0 Å². The Labute approximate surface area is 142 Å². The van der Waals surface area contributed by atoms with Crippen molar-refractivity contribution < 1.29 is 27.4 Å². The first kappa shape index (κ1) is 18.7. The molecule has 5 nitrogen and oxygen atoms in total. The first-order valence-electron chi connectivity index (χ1n) is 7.51. The standard InChI is InChI=1S/C17H17F3N2O3/c1-2-24-10-13-5-3-4-6-14(13)22-16(23)12-7-8-15(21-9-12)25-11-17(18,19)20/h3-9H,2,10-11H2,1H3,(H,22,23). The largest absolute Gasteiger partial charge is 0.468 e. The van der Waals surface area contributed by atoms with Crippen molar-refractivity contribution >= 4 is 11.6 Å². The molecule has 0 fully saturated rings. The third-order valence-corrected chi connectivity index (χ3v) is 3.11. The summed E-state index contributed by atoms with van der Waals surface area (Å²) >= 11 is 0. The van der Waals surface area contributed by atoms with Crippen LogP contribution in [0.25, 0.3) is 0 Å². The molecule has 25 heavy (non-hydrogen) atoms. The molecule has 0 aliphatic rings. The molecule has 1 amide bonds. The number of ether oxygens (including phenoxy) is 2. The lowest BCUT2D eigenvalue weighted by atomic mass is 10.1. The summed E-state index contributed by atoms with van der Waals surface area (Å²) in [5.41, 5.74) is 1.61. The zero-order valence-corrected chi connectivity index (χ0v) is 13.5. The average molecular weight is 354 g/mol. The number of nitrogens with one attached hydrogen (secondary N) is 1. The number of aromatic nitrogens is 1. The summed E-state index contributed by atoms with van der Waals surface area (Å²) in [4.78, 5) is 16.0. The van der Waals surface area contributed by atoms with Crippen molar-refractivity contribution in [2.75, 3.05) is 18.5 Å². The Bertz CT molecular complexity index is 703. The molecule has 134 valence electrons. The van der Waals surface area contributed by atoms with Gasteiger partial charge in [0.25, 0.3) is 5.91 Å². The molecule has 0 saturated carbocycles. The highest BCUT2D eigenvalue weighted by atomic mass is 19.4. The van der Waals surface area contributed by atoms with E-state index in [-0.39, 0.29) is 11.4 Å². The summed E-state index contributed by atoms with van der Waals surface area (Å²) < 4.78 is 46.1. The van der Waals surface area contributed by atoms with Gasteiger partial charge in [0.05, 0.1) is 12.2 Å². The fourth-order valence-corrected chi connectivity index (χ4v) is 1.93. The maximum atomic E-state index is 12.3. The van der Waals surface area contributed by atoms with E-state index in [0.29, 0.717) is 18.9 Å². The third-order valence-electron chi connectivity index (χ3n) is 3.11. The second-order valence-electron chi connectivity index (χ2n) is 5.04. The van der Waals surface area contributed by atoms with Crippen LogP contribution in [0.3, 0.4) is 0 Å². The molecule has 2 rings (SSSR count). The Kier molecular flexibility index (Phi) is 6.35. The van der Waals surface area contributed by atoms with E-state index in [1.54, 1.807) is 12.1 Å². The average Bonchev–Trinajstić information content (AvgIpc) is 2.59. The number of benzene rings is 1. The summed E-state index contributed by atoms with van der Waals surface area (Å²) in [7, 11) is 0. The lowest BCUT2D eigenvalue weighted by Crippen LogP contribution is -2.20. The summed E-state index contributed by atoms with van der Waals surface area (Å²) in [6.07, 6.45) is -3.28. The van der Waals surface area contributed by atoms with E-state index >= 15 is 0 Å². The van der Waals surface area contributed by atoms with Crippen LogP contribution in [0.1, 0.15) is 22.8 Å². The van der Waals surface area contributed by atoms with E-state index in [9.17, 15) is 18.0 Å². The van der Waals surface area contributed by atoms with Gasteiger partial charge in [-0.05, 0) is 19.1 Å². The smallest absolute Gasteiger partial charge is 0.422 e. The predicted molar refractivity (Wildman–Crippen MR) is 85.5 cm³/mol. The third kappa shape index (κ3) is 6.07. The van der Waals surface area contributed by atoms with Gasteiger partial charge in [-0.1, -0.05) is 18.2 Å². The number of carbonyl (C=O) groups excluding carboxylic acids is 1. The maximum absolute atomic E-state index is 12.3. The van der Waals surface area contributed by atoms with Crippen molar-refractivity contribution in [1.82, 2.24) is 4.98 Å². The van der Waals surface area contributed by atoms with E-state index in [1.165, 1.54) is 12.1 Å². The van der Waals surface area contributed by atoms with Crippen LogP contribution in [0.15, 0.2) is 42.6 Å². The molecule has 1 aromatic heterocycles. The van der Waals surface area contributed by atoms with Gasteiger partial charge in [-0.25, -0.2) is 4.98 Å².